The molecule has 3 aliphatic rings. The molecule has 220 valence electrons. The predicted octanol–water partition coefficient (Wildman–Crippen LogP) is 2.76. The first-order chi connectivity index (χ1) is 19.9. The molecule has 3 amide bonds. The van der Waals surface area contributed by atoms with Crippen molar-refractivity contribution >= 4 is 23.7 Å². The van der Waals surface area contributed by atoms with Crippen molar-refractivity contribution in [3.05, 3.63) is 42.1 Å². The van der Waals surface area contributed by atoms with Crippen molar-refractivity contribution in [1.82, 2.24) is 25.3 Å². The first-order valence-corrected chi connectivity index (χ1v) is 14.7. The molecule has 2 saturated carbocycles. The Hall–Kier alpha value is -3.89. The SMILES string of the molecule is COC(=O)[C@@H](NC(=O)c1cc(OCC(=O)N2CCC[C@H]2C(=O)NC2CCC2)n(-c2ccccc2)n1)C1CCCCC1. The van der Waals surface area contributed by atoms with Crippen molar-refractivity contribution in [2.45, 2.75) is 82.3 Å². The van der Waals surface area contributed by atoms with Gasteiger partial charge in [0.15, 0.2) is 12.3 Å². The molecule has 0 spiro atoms. The average molecular weight is 566 g/mol. The number of methoxy groups -OCH3 is 1. The molecule has 1 aromatic carbocycles. The summed E-state index contributed by atoms with van der Waals surface area (Å²) < 4.78 is 12.4. The number of amides is 3. The quantitative estimate of drug-likeness (QED) is 0.424. The van der Waals surface area contributed by atoms with Crippen LogP contribution in [0.5, 0.6) is 5.88 Å². The number of para-hydroxylation sites is 1. The molecule has 2 heterocycles. The van der Waals surface area contributed by atoms with Crippen LogP contribution in [0.3, 0.4) is 0 Å². The van der Waals surface area contributed by atoms with Crippen LogP contribution in [0.1, 0.15) is 74.7 Å². The summed E-state index contributed by atoms with van der Waals surface area (Å²) in [5.41, 5.74) is 0.699. The van der Waals surface area contributed by atoms with Crippen LogP contribution in [0.25, 0.3) is 5.69 Å². The number of hydrogen-bond acceptors (Lipinski definition) is 7. The molecule has 0 unspecified atom stereocenters. The Bertz CT molecular complexity index is 1240. The van der Waals surface area contributed by atoms with E-state index in [9.17, 15) is 19.2 Å². The molecule has 41 heavy (non-hydrogen) atoms. The van der Waals surface area contributed by atoms with Gasteiger partial charge in [-0.05, 0) is 63.0 Å². The lowest BCUT2D eigenvalue weighted by molar-refractivity contribution is -0.144. The molecule has 1 aliphatic heterocycles. The van der Waals surface area contributed by atoms with Crippen molar-refractivity contribution in [2.24, 2.45) is 5.92 Å². The Balaban J connectivity index is 1.30. The molecule has 11 heteroatoms. The van der Waals surface area contributed by atoms with E-state index in [4.69, 9.17) is 9.47 Å². The second kappa shape index (κ2) is 13.2. The number of nitrogens with zero attached hydrogens (tertiary/aromatic N) is 3. The summed E-state index contributed by atoms with van der Waals surface area (Å²) in [5, 5.41) is 10.4. The minimum Gasteiger partial charge on any atom is -0.467 e. The molecule has 5 rings (SSSR count). The molecule has 11 nitrogen and oxygen atoms in total. The molecule has 2 aromatic rings. The van der Waals surface area contributed by atoms with Gasteiger partial charge in [-0.1, -0.05) is 37.5 Å². The minimum atomic E-state index is -0.765. The van der Waals surface area contributed by atoms with Gasteiger partial charge in [-0.3, -0.25) is 14.4 Å². The summed E-state index contributed by atoms with van der Waals surface area (Å²) in [5.74, 6) is -1.20. The van der Waals surface area contributed by atoms with Gasteiger partial charge >= 0.3 is 5.97 Å². The van der Waals surface area contributed by atoms with Crippen molar-refractivity contribution in [2.75, 3.05) is 20.3 Å². The van der Waals surface area contributed by atoms with Gasteiger partial charge in [-0.25, -0.2) is 9.48 Å². The van der Waals surface area contributed by atoms with E-state index in [1.54, 1.807) is 4.90 Å². The molecular weight excluding hydrogens is 526 g/mol. The van der Waals surface area contributed by atoms with Gasteiger partial charge in [0.1, 0.15) is 12.1 Å². The van der Waals surface area contributed by atoms with E-state index in [0.29, 0.717) is 18.7 Å². The van der Waals surface area contributed by atoms with Crippen molar-refractivity contribution < 1.29 is 28.7 Å². The summed E-state index contributed by atoms with van der Waals surface area (Å²) in [6, 6.07) is 9.55. The second-order valence-electron chi connectivity index (χ2n) is 11.2. The van der Waals surface area contributed by atoms with Gasteiger partial charge in [0.05, 0.1) is 12.8 Å². The molecule has 2 N–H and O–H groups in total. The van der Waals surface area contributed by atoms with Gasteiger partial charge in [0.2, 0.25) is 11.8 Å². The van der Waals surface area contributed by atoms with Crippen LogP contribution >= 0.6 is 0 Å². The first-order valence-electron chi connectivity index (χ1n) is 14.7. The highest BCUT2D eigenvalue weighted by atomic mass is 16.5. The fraction of sp³-hybridized carbons (Fsp3) is 0.567. The number of likely N-dealkylation sites (tertiary alicyclic amines) is 1. The number of rotatable bonds is 10. The molecular formula is C30H39N5O6. The van der Waals surface area contributed by atoms with Crippen molar-refractivity contribution in [3.63, 3.8) is 0 Å². The van der Waals surface area contributed by atoms with Gasteiger partial charge in [-0.15, -0.1) is 0 Å². The Morgan fingerprint density at radius 1 is 0.976 bits per heavy atom. The standard InChI is InChI=1S/C30H39N5O6/c1-40-30(39)27(20-10-4-2-5-11-20)32-28(37)23-18-26(35(33-23)22-14-6-3-7-15-22)41-19-25(36)34-17-9-16-24(34)29(38)31-21-12-8-13-21/h3,6-7,14-15,18,20-21,24,27H,2,4-5,8-13,16-17,19H2,1H3,(H,31,38)(H,32,37)/t24-,27-/m0/s1. The zero-order chi connectivity index (χ0) is 28.8. The number of aromatic nitrogens is 2. The molecule has 0 bridgehead atoms. The van der Waals surface area contributed by atoms with Crippen LogP contribution in [0.4, 0.5) is 0 Å². The molecule has 3 fully saturated rings. The second-order valence-corrected chi connectivity index (χ2v) is 11.2. The van der Waals surface area contributed by atoms with Gasteiger partial charge in [0.25, 0.3) is 11.8 Å². The lowest BCUT2D eigenvalue weighted by atomic mass is 9.84. The smallest absolute Gasteiger partial charge is 0.328 e. The van der Waals surface area contributed by atoms with E-state index in [2.05, 4.69) is 15.7 Å². The monoisotopic (exact) mass is 565 g/mol. The zero-order valence-electron chi connectivity index (χ0n) is 23.5. The van der Waals surface area contributed by atoms with E-state index < -0.39 is 24.0 Å². The highest BCUT2D eigenvalue weighted by Crippen LogP contribution is 2.28. The van der Waals surface area contributed by atoms with E-state index in [1.807, 2.05) is 30.3 Å². The van der Waals surface area contributed by atoms with Crippen LogP contribution in [0.2, 0.25) is 0 Å². The Morgan fingerprint density at radius 2 is 1.73 bits per heavy atom. The fourth-order valence-corrected chi connectivity index (χ4v) is 5.92. The lowest BCUT2D eigenvalue weighted by Crippen LogP contribution is -2.51. The molecule has 2 aliphatic carbocycles. The topological polar surface area (TPSA) is 132 Å². The fourth-order valence-electron chi connectivity index (χ4n) is 5.92. The van der Waals surface area contributed by atoms with Crippen molar-refractivity contribution in [1.29, 1.82) is 0 Å². The number of benzene rings is 1. The summed E-state index contributed by atoms with van der Waals surface area (Å²) in [4.78, 5) is 53.4. The largest absolute Gasteiger partial charge is 0.467 e. The maximum atomic E-state index is 13.3. The van der Waals surface area contributed by atoms with Crippen LogP contribution in [-0.4, -0.2) is 76.8 Å². The summed E-state index contributed by atoms with van der Waals surface area (Å²) in [6.07, 6.45) is 9.25. The Labute approximate surface area is 239 Å². The number of hydrogen-bond donors (Lipinski definition) is 2. The molecule has 1 saturated heterocycles. The average Bonchev–Trinajstić information content (AvgIpc) is 3.65. The third kappa shape index (κ3) is 6.71. The number of carbonyl (C=O) groups excluding carboxylic acids is 4. The first kappa shape index (κ1) is 28.6. The van der Waals surface area contributed by atoms with Crippen LogP contribution < -0.4 is 15.4 Å². The lowest BCUT2D eigenvalue weighted by Gasteiger charge is -2.30. The Morgan fingerprint density at radius 3 is 2.41 bits per heavy atom. The van der Waals surface area contributed by atoms with E-state index in [1.165, 1.54) is 17.9 Å². The van der Waals surface area contributed by atoms with Gasteiger partial charge in [0, 0.05) is 18.7 Å². The summed E-state index contributed by atoms with van der Waals surface area (Å²) in [7, 11) is 1.32. The summed E-state index contributed by atoms with van der Waals surface area (Å²) >= 11 is 0. The van der Waals surface area contributed by atoms with Crippen molar-refractivity contribution in [3.8, 4) is 11.6 Å². The van der Waals surface area contributed by atoms with Crippen LogP contribution in [0, 0.1) is 5.92 Å². The third-order valence-electron chi connectivity index (χ3n) is 8.44. The van der Waals surface area contributed by atoms with Gasteiger partial charge in [-0.2, -0.15) is 5.10 Å². The molecule has 2 atom stereocenters. The molecule has 1 aromatic heterocycles. The maximum Gasteiger partial charge on any atom is 0.328 e. The van der Waals surface area contributed by atoms with E-state index in [-0.39, 0.29) is 42.0 Å². The third-order valence-corrected chi connectivity index (χ3v) is 8.44. The highest BCUT2D eigenvalue weighted by Gasteiger charge is 2.36. The minimum absolute atomic E-state index is 0.000371. The maximum absolute atomic E-state index is 13.3. The van der Waals surface area contributed by atoms with Crippen LogP contribution in [0.15, 0.2) is 36.4 Å². The normalized spacial score (nSPS) is 20.1. The van der Waals surface area contributed by atoms with E-state index in [0.717, 1.165) is 57.8 Å². The number of nitrogens with one attached hydrogen (secondary N) is 2. The number of esters is 1. The zero-order valence-corrected chi connectivity index (χ0v) is 23.5. The van der Waals surface area contributed by atoms with Crippen LogP contribution in [-0.2, 0) is 19.1 Å². The highest BCUT2D eigenvalue weighted by molar-refractivity contribution is 5.95. The summed E-state index contributed by atoms with van der Waals surface area (Å²) in [6.45, 7) is 0.187. The van der Waals surface area contributed by atoms with Gasteiger partial charge < -0.3 is 25.0 Å². The number of carbonyl (C=O) groups is 4. The Kier molecular flexibility index (Phi) is 9.21. The number of ether oxygens (including phenoxy) is 2. The predicted molar refractivity (Wildman–Crippen MR) is 149 cm³/mol. The molecule has 0 radical (unpaired) electrons. The van der Waals surface area contributed by atoms with E-state index >= 15 is 0 Å².